The molecule has 0 N–H and O–H groups in total. The number of benzene rings is 4. The Labute approximate surface area is 232 Å². The maximum absolute atomic E-state index is 12.8. The Bertz CT molecular complexity index is 1570. The predicted molar refractivity (Wildman–Crippen MR) is 153 cm³/mol. The van der Waals surface area contributed by atoms with E-state index in [4.69, 9.17) is 14.7 Å². The monoisotopic (exact) mass is 532 g/mol. The fraction of sp³-hybridized carbons (Fsp3) is 0.156. The average molecular weight is 533 g/mol. The van der Waals surface area contributed by atoms with Crippen molar-refractivity contribution in [3.63, 3.8) is 0 Å². The van der Waals surface area contributed by atoms with Crippen LogP contribution in [0.4, 0.5) is 5.69 Å². The zero-order valence-corrected chi connectivity index (χ0v) is 21.9. The van der Waals surface area contributed by atoms with Crippen LogP contribution in [0.2, 0.25) is 0 Å². The lowest BCUT2D eigenvalue weighted by atomic mass is 9.91. The molecule has 1 fully saturated rings. The number of hydrogen-bond donors (Lipinski definition) is 0. The normalized spacial score (nSPS) is 18.5. The van der Waals surface area contributed by atoms with Crippen LogP contribution >= 0.6 is 0 Å². The Morgan fingerprint density at radius 1 is 0.850 bits per heavy atom. The summed E-state index contributed by atoms with van der Waals surface area (Å²) in [5, 5.41) is 19.5. The number of aromatic nitrogens is 2. The molecule has 3 atom stereocenters. The molecule has 4 aromatic carbocycles. The Hall–Kier alpha value is -4.95. The third-order valence-electron chi connectivity index (χ3n) is 7.02. The molecule has 1 aromatic heterocycles. The van der Waals surface area contributed by atoms with Gasteiger partial charge in [0.15, 0.2) is 12.1 Å². The van der Waals surface area contributed by atoms with Crippen molar-refractivity contribution in [2.24, 2.45) is 0 Å². The van der Waals surface area contributed by atoms with Gasteiger partial charge in [-0.1, -0.05) is 66.7 Å². The third kappa shape index (κ3) is 4.81. The van der Waals surface area contributed by atoms with Crippen molar-refractivity contribution in [2.75, 3.05) is 11.7 Å². The molecule has 5 aromatic rings. The number of hydroxylamine groups is 1. The third-order valence-corrected chi connectivity index (χ3v) is 7.02. The van der Waals surface area contributed by atoms with E-state index in [9.17, 15) is 10.1 Å². The molecule has 0 unspecified atom stereocenters. The maximum atomic E-state index is 12.8. The minimum Gasteiger partial charge on any atom is -0.494 e. The van der Waals surface area contributed by atoms with Crippen LogP contribution in [-0.4, -0.2) is 27.4 Å². The van der Waals surface area contributed by atoms with Gasteiger partial charge in [0.1, 0.15) is 5.75 Å². The molecule has 40 heavy (non-hydrogen) atoms. The van der Waals surface area contributed by atoms with Crippen molar-refractivity contribution in [3.05, 3.63) is 143 Å². The number of anilines is 1. The molecule has 0 saturated carbocycles. The predicted octanol–water partition coefficient (Wildman–Crippen LogP) is 6.82. The number of nitro groups is 1. The average Bonchev–Trinajstić information content (AvgIpc) is 3.62. The van der Waals surface area contributed by atoms with E-state index in [0.29, 0.717) is 17.9 Å². The van der Waals surface area contributed by atoms with Crippen molar-refractivity contribution in [2.45, 2.75) is 25.1 Å². The summed E-state index contributed by atoms with van der Waals surface area (Å²) in [6, 6.07) is 34.4. The van der Waals surface area contributed by atoms with E-state index in [0.717, 1.165) is 28.3 Å². The summed E-state index contributed by atoms with van der Waals surface area (Å²) in [6.45, 7) is 2.50. The van der Waals surface area contributed by atoms with Gasteiger partial charge in [-0.2, -0.15) is 5.10 Å². The summed E-state index contributed by atoms with van der Waals surface area (Å²) in [5.74, 6) is 0.748. The Morgan fingerprint density at radius 2 is 1.45 bits per heavy atom. The number of para-hydroxylation sites is 2. The van der Waals surface area contributed by atoms with Gasteiger partial charge < -0.3 is 4.74 Å². The van der Waals surface area contributed by atoms with Gasteiger partial charge in [0.2, 0.25) is 0 Å². The Balaban J connectivity index is 1.55. The SMILES string of the molecule is CCOc1ccc(-c2nn(-c3ccccc3)cc2[C@H]2[C@H]([N+](=O)[O-])[C@@H](c3ccccc3)ON2c2ccccc2)cc1. The molecule has 200 valence electrons. The van der Waals surface area contributed by atoms with E-state index in [1.54, 1.807) is 9.75 Å². The number of nitrogens with zero attached hydrogens (tertiary/aromatic N) is 4. The van der Waals surface area contributed by atoms with E-state index in [1.807, 2.05) is 128 Å². The molecular weight excluding hydrogens is 504 g/mol. The second-order valence-electron chi connectivity index (χ2n) is 9.49. The topological polar surface area (TPSA) is 82.7 Å². The van der Waals surface area contributed by atoms with Crippen LogP contribution in [0.15, 0.2) is 121 Å². The molecule has 8 nitrogen and oxygen atoms in total. The van der Waals surface area contributed by atoms with Gasteiger partial charge in [-0.15, -0.1) is 0 Å². The van der Waals surface area contributed by atoms with Gasteiger partial charge >= 0.3 is 0 Å². The summed E-state index contributed by atoms with van der Waals surface area (Å²) >= 11 is 0. The lowest BCUT2D eigenvalue weighted by molar-refractivity contribution is -0.531. The largest absolute Gasteiger partial charge is 0.494 e. The second-order valence-corrected chi connectivity index (χ2v) is 9.49. The lowest BCUT2D eigenvalue weighted by Crippen LogP contribution is -2.32. The minimum absolute atomic E-state index is 0.229. The van der Waals surface area contributed by atoms with Crippen LogP contribution in [0.3, 0.4) is 0 Å². The van der Waals surface area contributed by atoms with Crippen molar-refractivity contribution in [3.8, 4) is 22.7 Å². The van der Waals surface area contributed by atoms with Crippen molar-refractivity contribution in [1.82, 2.24) is 9.78 Å². The first-order valence-electron chi connectivity index (χ1n) is 13.2. The molecule has 0 bridgehead atoms. The zero-order chi connectivity index (χ0) is 27.5. The first-order chi connectivity index (χ1) is 19.6. The molecule has 0 amide bonds. The van der Waals surface area contributed by atoms with Crippen LogP contribution in [0.25, 0.3) is 16.9 Å². The quantitative estimate of drug-likeness (QED) is 0.161. The number of hydrogen-bond acceptors (Lipinski definition) is 6. The number of ether oxygens (including phenoxy) is 1. The summed E-state index contributed by atoms with van der Waals surface area (Å²) in [5.41, 5.74) is 4.47. The highest BCUT2D eigenvalue weighted by Gasteiger charge is 2.54. The van der Waals surface area contributed by atoms with E-state index in [2.05, 4.69) is 0 Å². The second kappa shape index (κ2) is 11.0. The highest BCUT2D eigenvalue weighted by atomic mass is 16.7. The molecule has 0 aliphatic carbocycles. The highest BCUT2D eigenvalue weighted by Crippen LogP contribution is 2.48. The molecule has 6 rings (SSSR count). The Morgan fingerprint density at radius 3 is 2.05 bits per heavy atom. The highest BCUT2D eigenvalue weighted by molar-refractivity contribution is 5.66. The molecule has 8 heteroatoms. The smallest absolute Gasteiger partial charge is 0.272 e. The fourth-order valence-electron chi connectivity index (χ4n) is 5.20. The first kappa shape index (κ1) is 25.3. The first-order valence-corrected chi connectivity index (χ1v) is 13.2. The van der Waals surface area contributed by atoms with Gasteiger partial charge in [0, 0.05) is 22.2 Å². The molecule has 0 spiro atoms. The molecular formula is C32H28N4O4. The lowest BCUT2D eigenvalue weighted by Gasteiger charge is -2.24. The van der Waals surface area contributed by atoms with Crippen molar-refractivity contribution in [1.29, 1.82) is 0 Å². The molecule has 1 aliphatic heterocycles. The van der Waals surface area contributed by atoms with E-state index in [-0.39, 0.29) is 4.92 Å². The molecule has 1 aliphatic rings. The molecule has 1 saturated heterocycles. The summed E-state index contributed by atoms with van der Waals surface area (Å²) in [4.78, 5) is 19.1. The van der Waals surface area contributed by atoms with Crippen LogP contribution in [0.1, 0.15) is 30.2 Å². The van der Waals surface area contributed by atoms with Gasteiger partial charge in [0.25, 0.3) is 6.04 Å². The zero-order valence-electron chi connectivity index (χ0n) is 21.9. The van der Waals surface area contributed by atoms with Gasteiger partial charge in [0.05, 0.1) is 23.7 Å². The Kier molecular flexibility index (Phi) is 6.99. The number of rotatable bonds is 8. The molecule has 0 radical (unpaired) electrons. The standard InChI is InChI=1S/C32H28N4O4/c1-2-39-27-20-18-23(19-21-27)29-28(22-34(33-29)25-14-8-4-9-15-25)30-31(36(37)38)32(24-12-6-3-7-13-24)40-35(30)26-16-10-5-11-17-26/h3-22,30-32H,2H2,1H3/t30-,31-,32+/m0/s1. The summed E-state index contributed by atoms with van der Waals surface area (Å²) in [7, 11) is 0. The van der Waals surface area contributed by atoms with E-state index in [1.165, 1.54) is 0 Å². The maximum Gasteiger partial charge on any atom is 0.272 e. The molecule has 2 heterocycles. The van der Waals surface area contributed by atoms with Crippen LogP contribution in [0, 0.1) is 10.1 Å². The van der Waals surface area contributed by atoms with Gasteiger partial charge in [-0.25, -0.2) is 9.75 Å². The van der Waals surface area contributed by atoms with Crippen LogP contribution < -0.4 is 9.80 Å². The fourth-order valence-corrected chi connectivity index (χ4v) is 5.20. The summed E-state index contributed by atoms with van der Waals surface area (Å²) < 4.78 is 7.42. The van der Waals surface area contributed by atoms with Gasteiger partial charge in [-0.05, 0) is 61.0 Å². The van der Waals surface area contributed by atoms with Crippen molar-refractivity contribution >= 4 is 5.69 Å². The van der Waals surface area contributed by atoms with Crippen LogP contribution in [0.5, 0.6) is 5.75 Å². The summed E-state index contributed by atoms with van der Waals surface area (Å²) in [6.07, 6.45) is 1.09. The van der Waals surface area contributed by atoms with E-state index >= 15 is 0 Å². The minimum atomic E-state index is -1.10. The van der Waals surface area contributed by atoms with E-state index < -0.39 is 18.2 Å². The van der Waals surface area contributed by atoms with Crippen LogP contribution in [-0.2, 0) is 4.84 Å². The van der Waals surface area contributed by atoms with Crippen molar-refractivity contribution < 1.29 is 14.5 Å². The van der Waals surface area contributed by atoms with Gasteiger partial charge in [-0.3, -0.25) is 15.0 Å².